The van der Waals surface area contributed by atoms with Gasteiger partial charge in [-0.2, -0.15) is 5.10 Å². The van der Waals surface area contributed by atoms with Crippen molar-refractivity contribution in [1.82, 2.24) is 20.4 Å². The molecule has 0 aromatic carbocycles. The lowest BCUT2D eigenvalue weighted by molar-refractivity contribution is 0.0934. The predicted molar refractivity (Wildman–Crippen MR) is 89.6 cm³/mol. The van der Waals surface area contributed by atoms with Crippen LogP contribution in [-0.2, 0) is 13.1 Å². The number of nitrogens with one attached hydrogen (secondary N) is 3. The van der Waals surface area contributed by atoms with Crippen LogP contribution in [0.3, 0.4) is 0 Å². The largest absolute Gasteiger partial charge is 0.454 e. The van der Waals surface area contributed by atoms with Crippen molar-refractivity contribution < 1.29 is 14.0 Å². The SMILES string of the molecule is CNC(=O)c1ccc(CNC(=O)Nc2ccnn2CCC(C)C)o1. The molecule has 0 unspecified atom stereocenters. The van der Waals surface area contributed by atoms with Crippen molar-refractivity contribution in [3.05, 3.63) is 35.9 Å². The summed E-state index contributed by atoms with van der Waals surface area (Å²) in [4.78, 5) is 23.4. The molecule has 3 amide bonds. The molecule has 0 saturated carbocycles. The zero-order chi connectivity index (χ0) is 17.5. The molecule has 24 heavy (non-hydrogen) atoms. The number of rotatable bonds is 7. The summed E-state index contributed by atoms with van der Waals surface area (Å²) in [6, 6.07) is 4.60. The Morgan fingerprint density at radius 3 is 2.79 bits per heavy atom. The molecule has 2 rings (SSSR count). The van der Waals surface area contributed by atoms with Gasteiger partial charge in [0.2, 0.25) is 0 Å². The minimum Gasteiger partial charge on any atom is -0.454 e. The van der Waals surface area contributed by atoms with Crippen LogP contribution in [0.25, 0.3) is 0 Å². The van der Waals surface area contributed by atoms with Crippen LogP contribution < -0.4 is 16.0 Å². The van der Waals surface area contributed by atoms with Gasteiger partial charge in [0.25, 0.3) is 5.91 Å². The van der Waals surface area contributed by atoms with Crippen LogP contribution in [0.2, 0.25) is 0 Å². The summed E-state index contributed by atoms with van der Waals surface area (Å²) in [6.45, 7) is 5.20. The smallest absolute Gasteiger partial charge is 0.320 e. The van der Waals surface area contributed by atoms with E-state index in [0.717, 1.165) is 13.0 Å². The number of hydrogen-bond donors (Lipinski definition) is 3. The molecular weight excluding hydrogens is 310 g/mol. The lowest BCUT2D eigenvalue weighted by atomic mass is 10.1. The molecule has 0 bridgehead atoms. The van der Waals surface area contributed by atoms with Gasteiger partial charge in [-0.1, -0.05) is 13.8 Å². The van der Waals surface area contributed by atoms with Crippen molar-refractivity contribution in [2.45, 2.75) is 33.4 Å². The highest BCUT2D eigenvalue weighted by Gasteiger charge is 2.11. The number of nitrogens with zero attached hydrogens (tertiary/aromatic N) is 2. The number of furan rings is 1. The fourth-order valence-electron chi connectivity index (χ4n) is 2.04. The molecule has 0 aliphatic heterocycles. The van der Waals surface area contributed by atoms with Crippen molar-refractivity contribution >= 4 is 17.8 Å². The fourth-order valence-corrected chi connectivity index (χ4v) is 2.04. The van der Waals surface area contributed by atoms with Gasteiger partial charge in [0.05, 0.1) is 12.7 Å². The van der Waals surface area contributed by atoms with E-state index < -0.39 is 0 Å². The zero-order valence-corrected chi connectivity index (χ0v) is 14.1. The van der Waals surface area contributed by atoms with Crippen LogP contribution in [0.4, 0.5) is 10.6 Å². The molecule has 0 aliphatic carbocycles. The topological polar surface area (TPSA) is 101 Å². The number of aryl methyl sites for hydroxylation is 1. The van der Waals surface area contributed by atoms with Crippen molar-refractivity contribution in [2.75, 3.05) is 12.4 Å². The first kappa shape index (κ1) is 17.6. The summed E-state index contributed by atoms with van der Waals surface area (Å²) in [5.41, 5.74) is 0. The third-order valence-electron chi connectivity index (χ3n) is 3.41. The van der Waals surface area contributed by atoms with E-state index in [1.807, 2.05) is 0 Å². The quantitative estimate of drug-likeness (QED) is 0.723. The summed E-state index contributed by atoms with van der Waals surface area (Å²) in [7, 11) is 1.53. The third kappa shape index (κ3) is 4.87. The van der Waals surface area contributed by atoms with Gasteiger partial charge in [0, 0.05) is 19.7 Å². The van der Waals surface area contributed by atoms with Crippen LogP contribution in [-0.4, -0.2) is 28.8 Å². The van der Waals surface area contributed by atoms with E-state index >= 15 is 0 Å². The van der Waals surface area contributed by atoms with E-state index in [2.05, 4.69) is 34.9 Å². The number of aromatic nitrogens is 2. The molecule has 0 radical (unpaired) electrons. The number of amides is 3. The van der Waals surface area contributed by atoms with E-state index in [0.29, 0.717) is 17.5 Å². The Hall–Kier alpha value is -2.77. The third-order valence-corrected chi connectivity index (χ3v) is 3.41. The molecule has 2 heterocycles. The van der Waals surface area contributed by atoms with Crippen molar-refractivity contribution in [1.29, 1.82) is 0 Å². The first-order valence-corrected chi connectivity index (χ1v) is 7.87. The van der Waals surface area contributed by atoms with Crippen molar-refractivity contribution in [3.63, 3.8) is 0 Å². The molecule has 2 aromatic rings. The number of urea groups is 1. The molecule has 8 nitrogen and oxygen atoms in total. The van der Waals surface area contributed by atoms with Crippen LogP contribution in [0, 0.1) is 5.92 Å². The number of carbonyl (C=O) groups excluding carboxylic acids is 2. The minimum atomic E-state index is -0.362. The first-order chi connectivity index (χ1) is 11.5. The summed E-state index contributed by atoms with van der Waals surface area (Å²) in [5, 5.41) is 12.1. The molecule has 3 N–H and O–H groups in total. The summed E-state index contributed by atoms with van der Waals surface area (Å²) in [5.74, 6) is 1.60. The number of carbonyl (C=O) groups is 2. The Bertz CT molecular complexity index is 689. The van der Waals surface area contributed by atoms with Crippen LogP contribution in [0.15, 0.2) is 28.8 Å². The zero-order valence-electron chi connectivity index (χ0n) is 14.1. The van der Waals surface area contributed by atoms with E-state index in [4.69, 9.17) is 4.42 Å². The van der Waals surface area contributed by atoms with Gasteiger partial charge >= 0.3 is 6.03 Å². The van der Waals surface area contributed by atoms with E-state index in [9.17, 15) is 9.59 Å². The van der Waals surface area contributed by atoms with Gasteiger partial charge in [-0.15, -0.1) is 0 Å². The summed E-state index contributed by atoms with van der Waals surface area (Å²) >= 11 is 0. The lowest BCUT2D eigenvalue weighted by Gasteiger charge is -2.10. The fraction of sp³-hybridized carbons (Fsp3) is 0.438. The van der Waals surface area contributed by atoms with Crippen molar-refractivity contribution in [2.24, 2.45) is 5.92 Å². The Morgan fingerprint density at radius 1 is 1.29 bits per heavy atom. The molecular formula is C16H23N5O3. The van der Waals surface area contributed by atoms with Gasteiger partial charge in [-0.25, -0.2) is 9.48 Å². The van der Waals surface area contributed by atoms with Crippen LogP contribution in [0.5, 0.6) is 0 Å². The first-order valence-electron chi connectivity index (χ1n) is 7.87. The average molecular weight is 333 g/mol. The van der Waals surface area contributed by atoms with Gasteiger partial charge in [-0.05, 0) is 24.5 Å². The maximum atomic E-state index is 12.0. The standard InChI is InChI=1S/C16H23N5O3/c1-11(2)7-9-21-14(6-8-19-21)20-16(23)18-10-12-4-5-13(24-12)15(22)17-3/h4-6,8,11H,7,9-10H2,1-3H3,(H,17,22)(H2,18,20,23). The Labute approximate surface area is 140 Å². The molecule has 2 aromatic heterocycles. The monoisotopic (exact) mass is 333 g/mol. The second-order valence-electron chi connectivity index (χ2n) is 5.77. The molecule has 0 aliphatic rings. The minimum absolute atomic E-state index is 0.183. The number of anilines is 1. The highest BCUT2D eigenvalue weighted by atomic mass is 16.4. The summed E-state index contributed by atoms with van der Waals surface area (Å²) < 4.78 is 7.10. The molecule has 0 saturated heterocycles. The van der Waals surface area contributed by atoms with E-state index in [1.54, 1.807) is 29.1 Å². The molecule has 8 heteroatoms. The predicted octanol–water partition coefficient (Wildman–Crippen LogP) is 2.20. The normalized spacial score (nSPS) is 10.7. The second kappa shape index (κ2) is 8.19. The lowest BCUT2D eigenvalue weighted by Crippen LogP contribution is -2.29. The summed E-state index contributed by atoms with van der Waals surface area (Å²) in [6.07, 6.45) is 2.63. The highest BCUT2D eigenvalue weighted by Crippen LogP contribution is 2.10. The van der Waals surface area contributed by atoms with Gasteiger partial charge in [-0.3, -0.25) is 10.1 Å². The molecule has 0 fully saturated rings. The maximum Gasteiger partial charge on any atom is 0.320 e. The van der Waals surface area contributed by atoms with E-state index in [1.165, 1.54) is 7.05 Å². The maximum absolute atomic E-state index is 12.0. The highest BCUT2D eigenvalue weighted by molar-refractivity contribution is 5.91. The van der Waals surface area contributed by atoms with Gasteiger partial charge < -0.3 is 15.1 Å². The second-order valence-corrected chi connectivity index (χ2v) is 5.77. The molecule has 0 atom stereocenters. The Balaban J connectivity index is 1.84. The number of hydrogen-bond acceptors (Lipinski definition) is 4. The van der Waals surface area contributed by atoms with Gasteiger partial charge in [0.15, 0.2) is 5.76 Å². The Morgan fingerprint density at radius 2 is 2.08 bits per heavy atom. The van der Waals surface area contributed by atoms with Gasteiger partial charge in [0.1, 0.15) is 11.6 Å². The van der Waals surface area contributed by atoms with Crippen molar-refractivity contribution in [3.8, 4) is 0 Å². The Kier molecular flexibility index (Phi) is 6.00. The van der Waals surface area contributed by atoms with Crippen LogP contribution >= 0.6 is 0 Å². The van der Waals surface area contributed by atoms with Crippen LogP contribution in [0.1, 0.15) is 36.6 Å². The average Bonchev–Trinajstić information content (AvgIpc) is 3.19. The molecule has 130 valence electrons. The van der Waals surface area contributed by atoms with E-state index in [-0.39, 0.29) is 24.2 Å². The molecule has 0 spiro atoms.